The molecule has 2 unspecified atom stereocenters. The molecule has 0 saturated carbocycles. The highest BCUT2D eigenvalue weighted by atomic mass is 16.2. The molecule has 1 aromatic carbocycles. The summed E-state index contributed by atoms with van der Waals surface area (Å²) in [5.41, 5.74) is 6.05. The number of nitrogens with one attached hydrogen (secondary N) is 1. The van der Waals surface area contributed by atoms with Crippen molar-refractivity contribution >= 4 is 17.7 Å². The third-order valence-corrected chi connectivity index (χ3v) is 5.37. The van der Waals surface area contributed by atoms with E-state index in [0.29, 0.717) is 44.7 Å². The Hall–Kier alpha value is -2.41. The summed E-state index contributed by atoms with van der Waals surface area (Å²) in [5.74, 6) is -0.371. The minimum absolute atomic E-state index is 0.0342. The number of piperidine rings is 1. The van der Waals surface area contributed by atoms with Crippen LogP contribution in [-0.2, 0) is 9.59 Å². The van der Waals surface area contributed by atoms with Crippen LogP contribution in [-0.4, -0.2) is 66.3 Å². The molecule has 146 valence electrons. The van der Waals surface area contributed by atoms with Crippen LogP contribution in [0.4, 0.5) is 0 Å². The summed E-state index contributed by atoms with van der Waals surface area (Å²) in [5, 5.41) is 2.81. The molecular weight excluding hydrogens is 344 g/mol. The molecule has 3 amide bonds. The van der Waals surface area contributed by atoms with E-state index in [4.69, 9.17) is 5.73 Å². The first-order chi connectivity index (χ1) is 13.1. The normalized spacial score (nSPS) is 22.6. The summed E-state index contributed by atoms with van der Waals surface area (Å²) in [6, 6.07) is 8.66. The summed E-state index contributed by atoms with van der Waals surface area (Å²) in [6.07, 6.45) is 3.07. The monoisotopic (exact) mass is 372 g/mol. The van der Waals surface area contributed by atoms with Crippen molar-refractivity contribution in [2.45, 2.75) is 31.7 Å². The number of carbonyl (C=O) groups excluding carboxylic acids is 3. The highest BCUT2D eigenvalue weighted by Gasteiger charge is 2.38. The van der Waals surface area contributed by atoms with E-state index in [1.807, 2.05) is 18.2 Å². The molecule has 2 heterocycles. The first-order valence-corrected chi connectivity index (χ1v) is 9.74. The fourth-order valence-electron chi connectivity index (χ4n) is 3.95. The van der Waals surface area contributed by atoms with Crippen molar-refractivity contribution in [1.29, 1.82) is 0 Å². The number of amides is 3. The average molecular weight is 372 g/mol. The number of benzene rings is 1. The molecule has 0 aliphatic carbocycles. The minimum Gasteiger partial charge on any atom is -0.355 e. The van der Waals surface area contributed by atoms with E-state index in [2.05, 4.69) is 5.32 Å². The molecule has 0 bridgehead atoms. The fourth-order valence-corrected chi connectivity index (χ4v) is 3.95. The lowest BCUT2D eigenvalue weighted by Gasteiger charge is -2.35. The summed E-state index contributed by atoms with van der Waals surface area (Å²) in [6.45, 7) is 2.51. The molecule has 2 atom stereocenters. The van der Waals surface area contributed by atoms with Gasteiger partial charge in [-0.25, -0.2) is 0 Å². The van der Waals surface area contributed by atoms with Gasteiger partial charge in [-0.2, -0.15) is 0 Å². The molecule has 0 radical (unpaired) electrons. The number of rotatable bonds is 5. The van der Waals surface area contributed by atoms with Crippen molar-refractivity contribution < 1.29 is 14.4 Å². The Labute approximate surface area is 159 Å². The van der Waals surface area contributed by atoms with Crippen molar-refractivity contribution in [3.05, 3.63) is 35.9 Å². The molecule has 7 heteroatoms. The van der Waals surface area contributed by atoms with Crippen molar-refractivity contribution in [1.82, 2.24) is 15.1 Å². The topological polar surface area (TPSA) is 95.7 Å². The summed E-state index contributed by atoms with van der Waals surface area (Å²) < 4.78 is 0. The Bertz CT molecular complexity index is 679. The molecule has 3 N–H and O–H groups in total. The van der Waals surface area contributed by atoms with Crippen LogP contribution in [0, 0.1) is 5.92 Å². The SMILES string of the molecule is NCCNC(=O)C1CCCN(C(=O)C2CCCN2C(=O)c2ccccc2)C1. The van der Waals surface area contributed by atoms with Gasteiger partial charge in [0.1, 0.15) is 6.04 Å². The largest absolute Gasteiger partial charge is 0.355 e. The molecule has 2 aliphatic heterocycles. The summed E-state index contributed by atoms with van der Waals surface area (Å²) in [4.78, 5) is 41.6. The molecule has 2 aliphatic rings. The van der Waals surface area contributed by atoms with Crippen LogP contribution in [0.25, 0.3) is 0 Å². The predicted octanol–water partition coefficient (Wildman–Crippen LogP) is 0.605. The molecule has 1 aromatic rings. The van der Waals surface area contributed by atoms with E-state index in [1.54, 1.807) is 21.9 Å². The van der Waals surface area contributed by atoms with Gasteiger partial charge in [0.05, 0.1) is 5.92 Å². The number of hydrogen-bond acceptors (Lipinski definition) is 4. The first kappa shape index (κ1) is 19.4. The van der Waals surface area contributed by atoms with Gasteiger partial charge in [0.2, 0.25) is 11.8 Å². The highest BCUT2D eigenvalue weighted by molar-refractivity contribution is 5.98. The molecule has 0 aromatic heterocycles. The maximum atomic E-state index is 13.1. The average Bonchev–Trinajstić information content (AvgIpc) is 3.21. The third-order valence-electron chi connectivity index (χ3n) is 5.37. The van der Waals surface area contributed by atoms with E-state index >= 15 is 0 Å². The second-order valence-corrected chi connectivity index (χ2v) is 7.23. The Morgan fingerprint density at radius 3 is 2.56 bits per heavy atom. The number of hydrogen-bond donors (Lipinski definition) is 2. The van der Waals surface area contributed by atoms with Gasteiger partial charge in [-0.15, -0.1) is 0 Å². The maximum absolute atomic E-state index is 13.1. The van der Waals surface area contributed by atoms with Crippen LogP contribution in [0.5, 0.6) is 0 Å². The van der Waals surface area contributed by atoms with Crippen LogP contribution in [0.2, 0.25) is 0 Å². The van der Waals surface area contributed by atoms with Crippen molar-refractivity contribution in [2.24, 2.45) is 11.7 Å². The lowest BCUT2D eigenvalue weighted by Crippen LogP contribution is -2.52. The minimum atomic E-state index is -0.427. The van der Waals surface area contributed by atoms with Gasteiger partial charge in [0, 0.05) is 38.3 Å². The smallest absolute Gasteiger partial charge is 0.254 e. The number of carbonyl (C=O) groups is 3. The lowest BCUT2D eigenvalue weighted by molar-refractivity contribution is -0.139. The van der Waals surface area contributed by atoms with Crippen molar-refractivity contribution in [3.63, 3.8) is 0 Å². The van der Waals surface area contributed by atoms with E-state index in [0.717, 1.165) is 19.3 Å². The number of nitrogens with two attached hydrogens (primary N) is 1. The van der Waals surface area contributed by atoms with Crippen LogP contribution >= 0.6 is 0 Å². The second kappa shape index (κ2) is 8.99. The van der Waals surface area contributed by atoms with E-state index in [1.165, 1.54) is 0 Å². The standard InChI is InChI=1S/C20H28N4O3/c21-10-11-22-18(25)16-8-4-12-23(14-16)20(27)17-9-5-13-24(17)19(26)15-6-2-1-3-7-15/h1-3,6-7,16-17H,4-5,8-14,21H2,(H,22,25). The highest BCUT2D eigenvalue weighted by Crippen LogP contribution is 2.25. The summed E-state index contributed by atoms with van der Waals surface area (Å²) in [7, 11) is 0. The molecule has 3 rings (SSSR count). The number of nitrogens with zero attached hydrogens (tertiary/aromatic N) is 2. The van der Waals surface area contributed by atoms with Gasteiger partial charge >= 0.3 is 0 Å². The number of likely N-dealkylation sites (tertiary alicyclic amines) is 2. The fraction of sp³-hybridized carbons (Fsp3) is 0.550. The van der Waals surface area contributed by atoms with Gasteiger partial charge < -0.3 is 20.9 Å². The van der Waals surface area contributed by atoms with Gasteiger partial charge in [-0.05, 0) is 37.8 Å². The van der Waals surface area contributed by atoms with Gasteiger partial charge in [-0.1, -0.05) is 18.2 Å². The van der Waals surface area contributed by atoms with E-state index < -0.39 is 6.04 Å². The van der Waals surface area contributed by atoms with E-state index in [-0.39, 0.29) is 23.6 Å². The Kier molecular flexibility index (Phi) is 6.45. The second-order valence-electron chi connectivity index (χ2n) is 7.23. The lowest BCUT2D eigenvalue weighted by atomic mass is 9.96. The Morgan fingerprint density at radius 1 is 1.07 bits per heavy atom. The van der Waals surface area contributed by atoms with Crippen LogP contribution in [0.1, 0.15) is 36.0 Å². The molecule has 27 heavy (non-hydrogen) atoms. The molecule has 7 nitrogen and oxygen atoms in total. The zero-order chi connectivity index (χ0) is 19.2. The maximum Gasteiger partial charge on any atom is 0.254 e. The molecular formula is C20H28N4O3. The van der Waals surface area contributed by atoms with Crippen molar-refractivity contribution in [3.8, 4) is 0 Å². The Balaban J connectivity index is 1.65. The van der Waals surface area contributed by atoms with Gasteiger partial charge in [0.25, 0.3) is 5.91 Å². The van der Waals surface area contributed by atoms with Crippen molar-refractivity contribution in [2.75, 3.05) is 32.7 Å². The van der Waals surface area contributed by atoms with Crippen LogP contribution in [0.3, 0.4) is 0 Å². The third kappa shape index (κ3) is 4.47. The van der Waals surface area contributed by atoms with E-state index in [9.17, 15) is 14.4 Å². The zero-order valence-corrected chi connectivity index (χ0v) is 15.6. The summed E-state index contributed by atoms with van der Waals surface area (Å²) >= 11 is 0. The van der Waals surface area contributed by atoms with Gasteiger partial charge in [0.15, 0.2) is 0 Å². The molecule has 2 fully saturated rings. The zero-order valence-electron chi connectivity index (χ0n) is 15.6. The quantitative estimate of drug-likeness (QED) is 0.791. The Morgan fingerprint density at radius 2 is 1.81 bits per heavy atom. The first-order valence-electron chi connectivity index (χ1n) is 9.74. The van der Waals surface area contributed by atoms with Crippen LogP contribution < -0.4 is 11.1 Å². The molecule has 0 spiro atoms. The molecule has 2 saturated heterocycles. The predicted molar refractivity (Wildman–Crippen MR) is 102 cm³/mol. The van der Waals surface area contributed by atoms with Crippen LogP contribution in [0.15, 0.2) is 30.3 Å². The van der Waals surface area contributed by atoms with Gasteiger partial charge in [-0.3, -0.25) is 14.4 Å².